The molecule has 12 rings (SSSR count). The highest BCUT2D eigenvalue weighted by molar-refractivity contribution is 6.22. The summed E-state index contributed by atoms with van der Waals surface area (Å²) in [6.07, 6.45) is 16.9. The third-order valence-electron chi connectivity index (χ3n) is 14.2. The maximum absolute atomic E-state index is 5.47. The third-order valence-corrected chi connectivity index (χ3v) is 14.2. The van der Waals surface area contributed by atoms with E-state index >= 15 is 0 Å². The van der Waals surface area contributed by atoms with Crippen molar-refractivity contribution in [3.8, 4) is 66.9 Å². The van der Waals surface area contributed by atoms with Gasteiger partial charge in [-0.25, -0.2) is 4.98 Å². The molecule has 12 aromatic rings. The molecular weight excluding hydrogens is 869 g/mol. The highest BCUT2D eigenvalue weighted by atomic mass is 15.0. The zero-order valence-electron chi connectivity index (χ0n) is 40.7. The van der Waals surface area contributed by atoms with Gasteiger partial charge in [-0.15, -0.1) is 0 Å². The van der Waals surface area contributed by atoms with E-state index in [0.717, 1.165) is 33.5 Å². The second kappa shape index (κ2) is 19.0. The number of aryl methyl sites for hydroxylation is 1. The normalized spacial score (nSPS) is 12.2. The van der Waals surface area contributed by atoms with E-state index in [1.807, 2.05) is 13.8 Å². The van der Waals surface area contributed by atoms with Crippen LogP contribution in [-0.2, 0) is 0 Å². The second-order valence-corrected chi connectivity index (χ2v) is 18.5. The predicted octanol–water partition coefficient (Wildman–Crippen LogP) is 19.4. The maximum atomic E-state index is 5.47. The number of benzene rings is 10. The van der Waals surface area contributed by atoms with Crippen LogP contribution in [0.25, 0.3) is 128 Å². The summed E-state index contributed by atoms with van der Waals surface area (Å²) < 4.78 is 2.35. The Morgan fingerprint density at radius 2 is 0.833 bits per heavy atom. The summed E-state index contributed by atoms with van der Waals surface area (Å²) in [4.78, 5) is 5.47. The number of hydrogen-bond acceptors (Lipinski definition) is 1. The van der Waals surface area contributed by atoms with Crippen LogP contribution in [0.4, 0.5) is 0 Å². The number of para-hydroxylation sites is 1. The predicted molar refractivity (Wildman–Crippen MR) is 310 cm³/mol. The van der Waals surface area contributed by atoms with Crippen LogP contribution in [0.3, 0.4) is 0 Å². The van der Waals surface area contributed by atoms with Crippen LogP contribution in [0.2, 0.25) is 0 Å². The number of imidazole rings is 1. The van der Waals surface area contributed by atoms with Gasteiger partial charge in [-0.05, 0) is 151 Å². The Labute approximate surface area is 421 Å². The Morgan fingerprint density at radius 3 is 1.46 bits per heavy atom. The maximum Gasteiger partial charge on any atom is 0.146 e. The standard InChI is InChI=1S/C70H52N2/c1-4-6-9-21-48-23-19-27-55(43-48)67-59-31-14-15-32-60(59)68(56-28-20-24-49(44-56)22-10-7-5-2)65-46-54(39-41-61(65)67)51-37-35-50(36-38-51)53-40-42-63-64(45-53)58-30-17-18-34-66(58)72-47(3)69(71-70(63)72)62-33-16-13-29-57(62)52-25-11-8-12-26-52/h4-46H,1-3H3/b6-4-,7-5-,21-9-,22-10-. The van der Waals surface area contributed by atoms with Crippen molar-refractivity contribution in [1.29, 1.82) is 0 Å². The Hall–Kier alpha value is -9.11. The number of aromatic nitrogens is 2. The molecule has 0 spiro atoms. The molecule has 0 saturated heterocycles. The van der Waals surface area contributed by atoms with Gasteiger partial charge in [0.1, 0.15) is 5.65 Å². The van der Waals surface area contributed by atoms with E-state index in [2.05, 4.69) is 272 Å². The molecule has 0 fully saturated rings. The quantitative estimate of drug-likeness (QED) is 0.0759. The molecule has 0 amide bonds. The highest BCUT2D eigenvalue weighted by Gasteiger charge is 2.21. The zero-order valence-corrected chi connectivity index (χ0v) is 40.7. The van der Waals surface area contributed by atoms with Crippen molar-refractivity contribution in [2.45, 2.75) is 20.8 Å². The zero-order chi connectivity index (χ0) is 48.5. The van der Waals surface area contributed by atoms with Crippen molar-refractivity contribution in [3.63, 3.8) is 0 Å². The molecule has 0 radical (unpaired) electrons. The van der Waals surface area contributed by atoms with Crippen molar-refractivity contribution in [2.24, 2.45) is 0 Å². The highest BCUT2D eigenvalue weighted by Crippen LogP contribution is 2.46. The lowest BCUT2D eigenvalue weighted by Crippen LogP contribution is -1.94. The van der Waals surface area contributed by atoms with Gasteiger partial charge >= 0.3 is 0 Å². The average Bonchev–Trinajstić information content (AvgIpc) is 3.79. The molecule has 0 aliphatic rings. The first kappa shape index (κ1) is 44.1. The number of rotatable bonds is 10. The van der Waals surface area contributed by atoms with Crippen LogP contribution < -0.4 is 0 Å². The molecule has 2 heteroatoms. The van der Waals surface area contributed by atoms with Crippen LogP contribution in [0, 0.1) is 6.92 Å². The van der Waals surface area contributed by atoms with Gasteiger partial charge < -0.3 is 0 Å². The van der Waals surface area contributed by atoms with E-state index in [4.69, 9.17) is 4.98 Å². The molecule has 0 atom stereocenters. The molecule has 0 unspecified atom stereocenters. The molecule has 0 saturated carbocycles. The lowest BCUT2D eigenvalue weighted by Gasteiger charge is -2.19. The minimum absolute atomic E-state index is 0.971. The molecule has 2 aromatic heterocycles. The van der Waals surface area contributed by atoms with Gasteiger partial charge in [0.2, 0.25) is 0 Å². The molecule has 2 heterocycles. The van der Waals surface area contributed by atoms with E-state index < -0.39 is 0 Å². The number of fused-ring (bicyclic) bond motifs is 8. The number of nitrogens with zero attached hydrogens (tertiary/aromatic N) is 2. The average molecular weight is 921 g/mol. The van der Waals surface area contributed by atoms with Crippen molar-refractivity contribution < 1.29 is 0 Å². The SMILES string of the molecule is C/C=C\C=C/c1cccc(-c2c3ccccc3c(-c3cccc(/C=C\C=C/C)c3)c3cc(-c4ccc(-c5ccc6c(c5)c5ccccc5n5c(C)c(-c7ccccc7-c7ccccc7)nc65)cc4)ccc23)c1. The molecule has 72 heavy (non-hydrogen) atoms. The molecule has 0 aliphatic carbocycles. The minimum Gasteiger partial charge on any atom is -0.296 e. The van der Waals surface area contributed by atoms with Crippen molar-refractivity contribution in [2.75, 3.05) is 0 Å². The van der Waals surface area contributed by atoms with E-state index in [-0.39, 0.29) is 0 Å². The second-order valence-electron chi connectivity index (χ2n) is 18.5. The van der Waals surface area contributed by atoms with Crippen LogP contribution >= 0.6 is 0 Å². The van der Waals surface area contributed by atoms with Crippen LogP contribution in [0.1, 0.15) is 30.7 Å². The Morgan fingerprint density at radius 1 is 0.347 bits per heavy atom. The number of allylic oxidation sites excluding steroid dienone is 6. The van der Waals surface area contributed by atoms with Gasteiger partial charge in [-0.1, -0.05) is 225 Å². The van der Waals surface area contributed by atoms with Gasteiger partial charge in [0.25, 0.3) is 0 Å². The minimum atomic E-state index is 0.971. The fourth-order valence-corrected chi connectivity index (χ4v) is 10.8. The molecule has 0 N–H and O–H groups in total. The molecule has 0 aliphatic heterocycles. The summed E-state index contributed by atoms with van der Waals surface area (Å²) >= 11 is 0. The smallest absolute Gasteiger partial charge is 0.146 e. The first-order chi connectivity index (χ1) is 35.6. The summed E-state index contributed by atoms with van der Waals surface area (Å²) in [6.45, 7) is 6.30. The topological polar surface area (TPSA) is 17.3 Å². The third kappa shape index (κ3) is 7.94. The lowest BCUT2D eigenvalue weighted by molar-refractivity contribution is 1.17. The first-order valence-electron chi connectivity index (χ1n) is 24.9. The first-order valence-corrected chi connectivity index (χ1v) is 24.9. The van der Waals surface area contributed by atoms with Crippen LogP contribution in [0.15, 0.2) is 249 Å². The summed E-state index contributed by atoms with van der Waals surface area (Å²) in [6, 6.07) is 77.9. The van der Waals surface area contributed by atoms with Crippen molar-refractivity contribution >= 4 is 61.0 Å². The van der Waals surface area contributed by atoms with Gasteiger partial charge in [-0.2, -0.15) is 0 Å². The molecule has 2 nitrogen and oxygen atoms in total. The van der Waals surface area contributed by atoms with Crippen LogP contribution in [-0.4, -0.2) is 9.38 Å². The van der Waals surface area contributed by atoms with Gasteiger partial charge in [0.05, 0.1) is 11.2 Å². The Kier molecular flexibility index (Phi) is 11.6. The van der Waals surface area contributed by atoms with Gasteiger partial charge in [0.15, 0.2) is 0 Å². The summed E-state index contributed by atoms with van der Waals surface area (Å²) in [5.74, 6) is 0. The van der Waals surface area contributed by atoms with E-state index in [9.17, 15) is 0 Å². The summed E-state index contributed by atoms with van der Waals surface area (Å²) in [5, 5.41) is 8.46. The van der Waals surface area contributed by atoms with Gasteiger partial charge in [0, 0.05) is 22.0 Å². The Balaban J connectivity index is 0.982. The molecule has 0 bridgehead atoms. The van der Waals surface area contributed by atoms with E-state index in [1.165, 1.54) is 99.1 Å². The van der Waals surface area contributed by atoms with E-state index in [1.54, 1.807) is 0 Å². The summed E-state index contributed by atoms with van der Waals surface area (Å²) in [5.41, 5.74) is 19.7. The largest absolute Gasteiger partial charge is 0.296 e. The fourth-order valence-electron chi connectivity index (χ4n) is 10.8. The van der Waals surface area contributed by atoms with Crippen molar-refractivity contribution in [3.05, 3.63) is 266 Å². The molecule has 342 valence electrons. The van der Waals surface area contributed by atoms with E-state index in [0.29, 0.717) is 0 Å². The van der Waals surface area contributed by atoms with Crippen LogP contribution in [0.5, 0.6) is 0 Å². The molecule has 10 aromatic carbocycles. The fraction of sp³-hybridized carbons (Fsp3) is 0.0429. The monoisotopic (exact) mass is 920 g/mol. The van der Waals surface area contributed by atoms with Gasteiger partial charge in [-0.3, -0.25) is 4.40 Å². The number of pyridine rings is 1. The molecular formula is C70H52N2. The lowest BCUT2D eigenvalue weighted by atomic mass is 9.84. The Bertz CT molecular complexity index is 4160. The van der Waals surface area contributed by atoms with Crippen molar-refractivity contribution in [1.82, 2.24) is 9.38 Å². The summed E-state index contributed by atoms with van der Waals surface area (Å²) in [7, 11) is 0. The number of hydrogen-bond donors (Lipinski definition) is 0.